The van der Waals surface area contributed by atoms with Gasteiger partial charge in [-0.3, -0.25) is 4.79 Å². The summed E-state index contributed by atoms with van der Waals surface area (Å²) in [4.78, 5) is 14.6. The highest BCUT2D eigenvalue weighted by Gasteiger charge is 2.19. The van der Waals surface area contributed by atoms with Crippen molar-refractivity contribution in [2.75, 3.05) is 13.6 Å². The third kappa shape index (κ3) is 3.91. The van der Waals surface area contributed by atoms with Gasteiger partial charge in [0, 0.05) is 31.0 Å². The smallest absolute Gasteiger partial charge is 0.270 e. The first-order valence-corrected chi connectivity index (χ1v) is 8.62. The van der Waals surface area contributed by atoms with Gasteiger partial charge in [-0.2, -0.15) is 0 Å². The van der Waals surface area contributed by atoms with E-state index in [2.05, 4.69) is 16.7 Å². The van der Waals surface area contributed by atoms with E-state index in [4.69, 9.17) is 0 Å². The summed E-state index contributed by atoms with van der Waals surface area (Å²) >= 11 is 0. The Morgan fingerprint density at radius 2 is 1.80 bits per heavy atom. The van der Waals surface area contributed by atoms with Gasteiger partial charge in [0.1, 0.15) is 5.69 Å². The van der Waals surface area contributed by atoms with E-state index >= 15 is 0 Å². The largest absolute Gasteiger partial charge is 0.393 e. The first-order valence-electron chi connectivity index (χ1n) is 8.62. The fraction of sp³-hybridized carbons (Fsp3) is 0.286. The first kappa shape index (κ1) is 17.2. The van der Waals surface area contributed by atoms with Crippen LogP contribution in [0.1, 0.15) is 29.4 Å². The summed E-state index contributed by atoms with van der Waals surface area (Å²) in [7, 11) is 1.79. The molecular formula is C21H24N2O2. The average molecular weight is 336 g/mol. The lowest BCUT2D eigenvalue weighted by Gasteiger charge is -2.19. The Morgan fingerprint density at radius 1 is 1.12 bits per heavy atom. The number of aliphatic hydroxyl groups is 1. The number of amides is 1. The van der Waals surface area contributed by atoms with Gasteiger partial charge >= 0.3 is 0 Å². The zero-order valence-electron chi connectivity index (χ0n) is 14.7. The number of aromatic nitrogens is 1. The number of para-hydroxylation sites is 1. The van der Waals surface area contributed by atoms with Crippen LogP contribution < -0.4 is 0 Å². The SMILES string of the molecule is CC(O)CCN(C)C(=O)c1cc2ccccc2n1Cc1ccccc1. The maximum atomic E-state index is 13.0. The maximum Gasteiger partial charge on any atom is 0.270 e. The highest BCUT2D eigenvalue weighted by molar-refractivity contribution is 5.98. The van der Waals surface area contributed by atoms with E-state index in [1.54, 1.807) is 18.9 Å². The van der Waals surface area contributed by atoms with Crippen LogP contribution in [0.3, 0.4) is 0 Å². The van der Waals surface area contributed by atoms with Crippen molar-refractivity contribution in [3.05, 3.63) is 71.9 Å². The second kappa shape index (κ2) is 7.53. The fourth-order valence-electron chi connectivity index (χ4n) is 3.00. The Kier molecular flexibility index (Phi) is 5.19. The lowest BCUT2D eigenvalue weighted by atomic mass is 10.2. The van der Waals surface area contributed by atoms with Crippen LogP contribution >= 0.6 is 0 Å². The molecule has 1 amide bonds. The lowest BCUT2D eigenvalue weighted by molar-refractivity contribution is 0.0759. The molecule has 0 fully saturated rings. The minimum Gasteiger partial charge on any atom is -0.393 e. The Morgan fingerprint density at radius 3 is 2.52 bits per heavy atom. The van der Waals surface area contributed by atoms with Crippen LogP contribution in [-0.2, 0) is 6.54 Å². The molecule has 0 spiro atoms. The molecule has 0 saturated heterocycles. The lowest BCUT2D eigenvalue weighted by Crippen LogP contribution is -2.31. The van der Waals surface area contributed by atoms with E-state index in [9.17, 15) is 9.90 Å². The van der Waals surface area contributed by atoms with Crippen molar-refractivity contribution >= 4 is 16.8 Å². The van der Waals surface area contributed by atoms with Crippen LogP contribution in [-0.4, -0.2) is 40.2 Å². The van der Waals surface area contributed by atoms with Gasteiger partial charge in [-0.15, -0.1) is 0 Å². The number of carbonyl (C=O) groups excluding carboxylic acids is 1. The predicted molar refractivity (Wildman–Crippen MR) is 101 cm³/mol. The van der Waals surface area contributed by atoms with Crippen molar-refractivity contribution in [2.45, 2.75) is 26.0 Å². The molecule has 25 heavy (non-hydrogen) atoms. The van der Waals surface area contributed by atoms with E-state index in [-0.39, 0.29) is 5.91 Å². The van der Waals surface area contributed by atoms with Gasteiger partial charge in [0.05, 0.1) is 6.10 Å². The maximum absolute atomic E-state index is 13.0. The molecule has 1 atom stereocenters. The van der Waals surface area contributed by atoms with Crippen LogP contribution in [0, 0.1) is 0 Å². The zero-order chi connectivity index (χ0) is 17.8. The van der Waals surface area contributed by atoms with Crippen LogP contribution in [0.15, 0.2) is 60.7 Å². The quantitative estimate of drug-likeness (QED) is 0.748. The number of nitrogens with zero attached hydrogens (tertiary/aromatic N) is 2. The van der Waals surface area contributed by atoms with Crippen molar-refractivity contribution in [3.8, 4) is 0 Å². The molecule has 4 nitrogen and oxygen atoms in total. The molecular weight excluding hydrogens is 312 g/mol. The van der Waals surface area contributed by atoms with Crippen molar-refractivity contribution in [1.82, 2.24) is 9.47 Å². The summed E-state index contributed by atoms with van der Waals surface area (Å²) in [5.41, 5.74) is 2.89. The first-order chi connectivity index (χ1) is 12.1. The molecule has 1 unspecified atom stereocenters. The van der Waals surface area contributed by atoms with E-state index in [1.807, 2.05) is 48.5 Å². The van der Waals surface area contributed by atoms with E-state index < -0.39 is 6.10 Å². The Labute approximate surface area is 148 Å². The molecule has 3 rings (SSSR count). The summed E-state index contributed by atoms with van der Waals surface area (Å²) in [5.74, 6) is -0.0206. The number of aliphatic hydroxyl groups excluding tert-OH is 1. The van der Waals surface area contributed by atoms with Gasteiger partial charge in [-0.25, -0.2) is 0 Å². The molecule has 0 aliphatic rings. The standard InChI is InChI=1S/C21H24N2O2/c1-16(24)12-13-22(2)21(25)20-14-18-10-6-7-11-19(18)23(20)15-17-8-4-3-5-9-17/h3-11,14,16,24H,12-13,15H2,1-2H3. The highest BCUT2D eigenvalue weighted by Crippen LogP contribution is 2.22. The molecule has 0 saturated carbocycles. The van der Waals surface area contributed by atoms with Crippen molar-refractivity contribution in [3.63, 3.8) is 0 Å². The Hall–Kier alpha value is -2.59. The van der Waals surface area contributed by atoms with E-state index in [0.29, 0.717) is 25.2 Å². The fourth-order valence-corrected chi connectivity index (χ4v) is 3.00. The Bertz CT molecular complexity index is 853. The molecule has 1 heterocycles. The topological polar surface area (TPSA) is 45.5 Å². The van der Waals surface area contributed by atoms with Crippen LogP contribution in [0.2, 0.25) is 0 Å². The van der Waals surface area contributed by atoms with Gasteiger partial charge in [0.2, 0.25) is 0 Å². The number of carbonyl (C=O) groups is 1. The predicted octanol–water partition coefficient (Wildman–Crippen LogP) is 3.53. The van der Waals surface area contributed by atoms with Gasteiger partial charge < -0.3 is 14.6 Å². The average Bonchev–Trinajstić information content (AvgIpc) is 2.98. The monoisotopic (exact) mass is 336 g/mol. The third-order valence-corrected chi connectivity index (χ3v) is 4.44. The summed E-state index contributed by atoms with van der Waals surface area (Å²) < 4.78 is 2.08. The molecule has 3 aromatic rings. The summed E-state index contributed by atoms with van der Waals surface area (Å²) in [5, 5.41) is 10.5. The second-order valence-electron chi connectivity index (χ2n) is 6.52. The summed E-state index contributed by atoms with van der Waals surface area (Å²) in [6, 6.07) is 20.2. The Balaban J connectivity index is 1.96. The van der Waals surface area contributed by atoms with Crippen molar-refractivity contribution in [1.29, 1.82) is 0 Å². The van der Waals surface area contributed by atoms with Crippen molar-refractivity contribution in [2.24, 2.45) is 0 Å². The molecule has 130 valence electrons. The van der Waals surface area contributed by atoms with Gasteiger partial charge in [0.15, 0.2) is 0 Å². The normalized spacial score (nSPS) is 12.3. The minimum atomic E-state index is -0.412. The highest BCUT2D eigenvalue weighted by atomic mass is 16.3. The van der Waals surface area contributed by atoms with Gasteiger partial charge in [-0.1, -0.05) is 48.5 Å². The molecule has 0 aliphatic carbocycles. The third-order valence-electron chi connectivity index (χ3n) is 4.44. The minimum absolute atomic E-state index is 0.0206. The number of hydrogen-bond donors (Lipinski definition) is 1. The molecule has 4 heteroatoms. The van der Waals surface area contributed by atoms with Crippen LogP contribution in [0.4, 0.5) is 0 Å². The number of rotatable bonds is 6. The molecule has 0 bridgehead atoms. The van der Waals surface area contributed by atoms with Crippen LogP contribution in [0.5, 0.6) is 0 Å². The summed E-state index contributed by atoms with van der Waals surface area (Å²) in [6.45, 7) is 2.92. The van der Waals surface area contributed by atoms with E-state index in [1.165, 1.54) is 0 Å². The number of fused-ring (bicyclic) bond motifs is 1. The molecule has 0 radical (unpaired) electrons. The number of hydrogen-bond acceptors (Lipinski definition) is 2. The molecule has 2 aromatic carbocycles. The zero-order valence-corrected chi connectivity index (χ0v) is 14.7. The molecule has 1 aromatic heterocycles. The molecule has 1 N–H and O–H groups in total. The number of benzene rings is 2. The van der Waals surface area contributed by atoms with Crippen molar-refractivity contribution < 1.29 is 9.90 Å². The van der Waals surface area contributed by atoms with Gasteiger partial charge in [0.25, 0.3) is 5.91 Å². The second-order valence-corrected chi connectivity index (χ2v) is 6.52. The molecule has 0 aliphatic heterocycles. The summed E-state index contributed by atoms with van der Waals surface area (Å²) in [6.07, 6.45) is 0.159. The van der Waals surface area contributed by atoms with E-state index in [0.717, 1.165) is 16.5 Å². The van der Waals surface area contributed by atoms with Gasteiger partial charge in [-0.05, 0) is 31.0 Å². The van der Waals surface area contributed by atoms with Crippen LogP contribution in [0.25, 0.3) is 10.9 Å².